The predicted molar refractivity (Wildman–Crippen MR) is 86.6 cm³/mol. The summed E-state index contributed by atoms with van der Waals surface area (Å²) in [6.45, 7) is 0.637. The fraction of sp³-hybridized carbons (Fsp3) is 0.188. The number of ether oxygens (including phenoxy) is 1. The first-order chi connectivity index (χ1) is 10.2. The molecule has 1 aliphatic rings. The maximum atomic E-state index is 6.03. The molecular formula is C16H14BrN3O. The Balaban J connectivity index is 1.73. The van der Waals surface area contributed by atoms with Crippen LogP contribution in [0.25, 0.3) is 11.0 Å². The molecule has 1 atom stereocenters. The van der Waals surface area contributed by atoms with Gasteiger partial charge in [-0.1, -0.05) is 34.1 Å². The summed E-state index contributed by atoms with van der Waals surface area (Å²) in [5, 5.41) is 0. The molecule has 0 radical (unpaired) electrons. The fourth-order valence-corrected chi connectivity index (χ4v) is 3.30. The fourth-order valence-electron chi connectivity index (χ4n) is 2.82. The van der Waals surface area contributed by atoms with Gasteiger partial charge in [0.2, 0.25) is 0 Å². The average molecular weight is 344 g/mol. The van der Waals surface area contributed by atoms with Crippen LogP contribution in [0.1, 0.15) is 17.3 Å². The van der Waals surface area contributed by atoms with Crippen molar-refractivity contribution in [2.75, 3.05) is 12.3 Å². The molecule has 0 bridgehead atoms. The highest BCUT2D eigenvalue weighted by Crippen LogP contribution is 2.33. The Morgan fingerprint density at radius 1 is 1.29 bits per heavy atom. The molecule has 3 aromatic rings. The van der Waals surface area contributed by atoms with Crippen LogP contribution in [0.2, 0.25) is 0 Å². The van der Waals surface area contributed by atoms with Gasteiger partial charge in [-0.3, -0.25) is 0 Å². The molecule has 0 amide bonds. The lowest BCUT2D eigenvalue weighted by atomic mass is 9.96. The topological polar surface area (TPSA) is 63.9 Å². The van der Waals surface area contributed by atoms with Gasteiger partial charge in [-0.2, -0.15) is 0 Å². The number of hydrogen-bond acceptors (Lipinski definition) is 3. The van der Waals surface area contributed by atoms with Crippen LogP contribution < -0.4 is 10.5 Å². The molecule has 2 aromatic carbocycles. The molecule has 0 aliphatic carbocycles. The lowest BCUT2D eigenvalue weighted by Crippen LogP contribution is -2.20. The van der Waals surface area contributed by atoms with E-state index in [1.165, 1.54) is 5.56 Å². The number of para-hydroxylation sites is 1. The highest BCUT2D eigenvalue weighted by atomic mass is 79.9. The molecule has 0 saturated carbocycles. The van der Waals surface area contributed by atoms with Gasteiger partial charge in [-0.05, 0) is 30.2 Å². The lowest BCUT2D eigenvalue weighted by Gasteiger charge is -2.23. The van der Waals surface area contributed by atoms with Crippen molar-refractivity contribution in [1.82, 2.24) is 9.97 Å². The molecule has 1 aliphatic heterocycles. The SMILES string of the molecule is Nc1cc(Br)cc2[nH]c(C3COc4ccccc4C3)nc12. The molecular weight excluding hydrogens is 330 g/mol. The summed E-state index contributed by atoms with van der Waals surface area (Å²) in [6, 6.07) is 12.0. The van der Waals surface area contributed by atoms with E-state index in [1.807, 2.05) is 30.3 Å². The molecule has 0 saturated heterocycles. The number of halogens is 1. The first-order valence-electron chi connectivity index (χ1n) is 6.86. The van der Waals surface area contributed by atoms with Crippen molar-refractivity contribution in [2.24, 2.45) is 0 Å². The Bertz CT molecular complexity index is 828. The van der Waals surface area contributed by atoms with E-state index in [9.17, 15) is 0 Å². The van der Waals surface area contributed by atoms with Crippen molar-refractivity contribution < 1.29 is 4.74 Å². The quantitative estimate of drug-likeness (QED) is 0.663. The van der Waals surface area contributed by atoms with Gasteiger partial charge >= 0.3 is 0 Å². The van der Waals surface area contributed by atoms with E-state index in [0.29, 0.717) is 12.3 Å². The zero-order chi connectivity index (χ0) is 14.4. The number of aromatic amines is 1. The standard InChI is InChI=1S/C16H14BrN3O/c17-11-6-12(18)15-13(7-11)19-16(20-15)10-5-9-3-1-2-4-14(9)21-8-10/h1-4,6-7,10H,5,8,18H2,(H,19,20). The zero-order valence-electron chi connectivity index (χ0n) is 11.3. The third-order valence-corrected chi connectivity index (χ3v) is 4.32. The maximum Gasteiger partial charge on any atom is 0.122 e. The molecule has 4 rings (SSSR count). The monoisotopic (exact) mass is 343 g/mol. The number of nitrogen functional groups attached to an aromatic ring is 1. The summed E-state index contributed by atoms with van der Waals surface area (Å²) in [6.07, 6.45) is 0.928. The van der Waals surface area contributed by atoms with Crippen LogP contribution in [0.4, 0.5) is 5.69 Å². The largest absolute Gasteiger partial charge is 0.493 e. The smallest absolute Gasteiger partial charge is 0.122 e. The van der Waals surface area contributed by atoms with Gasteiger partial charge in [-0.15, -0.1) is 0 Å². The van der Waals surface area contributed by atoms with Crippen LogP contribution in [-0.4, -0.2) is 16.6 Å². The molecule has 1 unspecified atom stereocenters. The van der Waals surface area contributed by atoms with E-state index in [4.69, 9.17) is 10.5 Å². The second-order valence-corrected chi connectivity index (χ2v) is 6.25. The minimum absolute atomic E-state index is 0.227. The minimum atomic E-state index is 0.227. The minimum Gasteiger partial charge on any atom is -0.493 e. The molecule has 0 fully saturated rings. The van der Waals surface area contributed by atoms with Crippen molar-refractivity contribution in [1.29, 1.82) is 0 Å². The Kier molecular flexibility index (Phi) is 2.89. The van der Waals surface area contributed by atoms with Crippen LogP contribution in [0, 0.1) is 0 Å². The number of nitrogens with zero attached hydrogens (tertiary/aromatic N) is 1. The highest BCUT2D eigenvalue weighted by Gasteiger charge is 2.24. The highest BCUT2D eigenvalue weighted by molar-refractivity contribution is 9.10. The Morgan fingerprint density at radius 3 is 3.05 bits per heavy atom. The zero-order valence-corrected chi connectivity index (χ0v) is 12.9. The van der Waals surface area contributed by atoms with E-state index in [1.54, 1.807) is 0 Å². The first kappa shape index (κ1) is 12.7. The average Bonchev–Trinajstić information content (AvgIpc) is 2.91. The summed E-state index contributed by atoms with van der Waals surface area (Å²) < 4.78 is 6.79. The summed E-state index contributed by atoms with van der Waals surface area (Å²) in [5.74, 6) is 2.14. The molecule has 106 valence electrons. The molecule has 1 aromatic heterocycles. The number of rotatable bonds is 1. The first-order valence-corrected chi connectivity index (χ1v) is 7.65. The van der Waals surface area contributed by atoms with Gasteiger partial charge in [0.25, 0.3) is 0 Å². The predicted octanol–water partition coefficient (Wildman–Crippen LogP) is 3.63. The van der Waals surface area contributed by atoms with Crippen LogP contribution in [0.5, 0.6) is 5.75 Å². The van der Waals surface area contributed by atoms with Gasteiger partial charge in [-0.25, -0.2) is 4.98 Å². The molecule has 21 heavy (non-hydrogen) atoms. The van der Waals surface area contributed by atoms with Gasteiger partial charge < -0.3 is 15.5 Å². The maximum absolute atomic E-state index is 6.03. The number of fused-ring (bicyclic) bond motifs is 2. The number of nitrogens with two attached hydrogens (primary N) is 1. The van der Waals surface area contributed by atoms with E-state index in [2.05, 4.69) is 32.0 Å². The van der Waals surface area contributed by atoms with E-state index >= 15 is 0 Å². The van der Waals surface area contributed by atoms with Gasteiger partial charge in [0.05, 0.1) is 23.7 Å². The number of imidazole rings is 1. The third-order valence-electron chi connectivity index (χ3n) is 3.86. The molecule has 5 heteroatoms. The number of anilines is 1. The summed E-state index contributed by atoms with van der Waals surface area (Å²) >= 11 is 3.46. The lowest BCUT2D eigenvalue weighted by molar-refractivity contribution is 0.258. The number of hydrogen-bond donors (Lipinski definition) is 2. The van der Waals surface area contributed by atoms with E-state index in [-0.39, 0.29) is 5.92 Å². The van der Waals surface area contributed by atoms with Crippen molar-refractivity contribution in [2.45, 2.75) is 12.3 Å². The van der Waals surface area contributed by atoms with Gasteiger partial charge in [0, 0.05) is 4.47 Å². The number of benzene rings is 2. The number of aromatic nitrogens is 2. The molecule has 4 nitrogen and oxygen atoms in total. The van der Waals surface area contributed by atoms with Crippen LogP contribution >= 0.6 is 15.9 Å². The molecule has 0 spiro atoms. The molecule has 3 N–H and O–H groups in total. The Hall–Kier alpha value is -2.01. The van der Waals surface area contributed by atoms with Crippen LogP contribution in [0.3, 0.4) is 0 Å². The van der Waals surface area contributed by atoms with Crippen LogP contribution in [-0.2, 0) is 6.42 Å². The summed E-state index contributed by atoms with van der Waals surface area (Å²) in [5.41, 5.74) is 9.72. The second-order valence-electron chi connectivity index (χ2n) is 5.33. The van der Waals surface area contributed by atoms with Crippen LogP contribution in [0.15, 0.2) is 40.9 Å². The second kappa shape index (κ2) is 4.77. The normalized spacial score (nSPS) is 17.5. The summed E-state index contributed by atoms with van der Waals surface area (Å²) in [4.78, 5) is 8.05. The molecule has 2 heterocycles. The Labute approximate surface area is 130 Å². The number of nitrogens with one attached hydrogen (secondary N) is 1. The Morgan fingerprint density at radius 2 is 2.14 bits per heavy atom. The van der Waals surface area contributed by atoms with Gasteiger partial charge in [0.1, 0.15) is 17.1 Å². The third kappa shape index (κ3) is 2.17. The van der Waals surface area contributed by atoms with E-state index < -0.39 is 0 Å². The van der Waals surface area contributed by atoms with Crippen molar-refractivity contribution in [3.8, 4) is 5.75 Å². The number of H-pyrrole nitrogens is 1. The van der Waals surface area contributed by atoms with E-state index in [0.717, 1.165) is 33.5 Å². The van der Waals surface area contributed by atoms with Crippen molar-refractivity contribution >= 4 is 32.7 Å². The summed E-state index contributed by atoms with van der Waals surface area (Å²) in [7, 11) is 0. The van der Waals surface area contributed by atoms with Crippen molar-refractivity contribution in [3.05, 3.63) is 52.3 Å². The van der Waals surface area contributed by atoms with Crippen molar-refractivity contribution in [3.63, 3.8) is 0 Å². The van der Waals surface area contributed by atoms with Gasteiger partial charge in [0.15, 0.2) is 0 Å².